The molecule has 2 N–H and O–H groups in total. The van der Waals surface area contributed by atoms with Crippen LogP contribution in [0.2, 0.25) is 0 Å². The van der Waals surface area contributed by atoms with Crippen LogP contribution >= 0.6 is 24.0 Å². The van der Waals surface area contributed by atoms with E-state index in [1.54, 1.807) is 7.05 Å². The van der Waals surface area contributed by atoms with Crippen molar-refractivity contribution in [2.24, 2.45) is 12.0 Å². The topological polar surface area (TPSA) is 84.9 Å². The number of hydrogen-bond acceptors (Lipinski definition) is 4. The molecular formula is C16H27IN8. The summed E-state index contributed by atoms with van der Waals surface area (Å²) < 4.78 is 4.08. The molecule has 2 aromatic rings. The molecule has 1 saturated carbocycles. The molecule has 25 heavy (non-hydrogen) atoms. The average molecular weight is 458 g/mol. The van der Waals surface area contributed by atoms with Crippen molar-refractivity contribution in [3.05, 3.63) is 29.6 Å². The first kappa shape index (κ1) is 19.7. The molecule has 0 radical (unpaired) electrons. The molecule has 0 atom stereocenters. The van der Waals surface area contributed by atoms with E-state index in [1.807, 2.05) is 18.5 Å². The van der Waals surface area contributed by atoms with Gasteiger partial charge < -0.3 is 15.2 Å². The highest BCUT2D eigenvalue weighted by molar-refractivity contribution is 14.0. The van der Waals surface area contributed by atoms with Crippen LogP contribution in [-0.2, 0) is 20.1 Å². The zero-order valence-corrected chi connectivity index (χ0v) is 17.4. The van der Waals surface area contributed by atoms with Gasteiger partial charge in [-0.15, -0.1) is 34.2 Å². The Morgan fingerprint density at radius 3 is 2.60 bits per heavy atom. The van der Waals surface area contributed by atoms with Crippen molar-refractivity contribution in [1.29, 1.82) is 0 Å². The van der Waals surface area contributed by atoms with Crippen LogP contribution in [0.15, 0.2) is 17.3 Å². The van der Waals surface area contributed by atoms with Gasteiger partial charge in [0, 0.05) is 20.3 Å². The van der Waals surface area contributed by atoms with Crippen LogP contribution in [0.1, 0.15) is 49.1 Å². The number of aliphatic imine (C=N–C) groups is 1. The summed E-state index contributed by atoms with van der Waals surface area (Å²) in [4.78, 5) is 4.24. The van der Waals surface area contributed by atoms with Crippen molar-refractivity contribution in [2.75, 3.05) is 7.05 Å². The largest absolute Gasteiger partial charge is 0.351 e. The van der Waals surface area contributed by atoms with Gasteiger partial charge in [0.15, 0.2) is 11.8 Å². The third-order valence-electron chi connectivity index (χ3n) is 4.62. The third-order valence-corrected chi connectivity index (χ3v) is 4.62. The van der Waals surface area contributed by atoms with Gasteiger partial charge in [-0.05, 0) is 25.8 Å². The van der Waals surface area contributed by atoms with E-state index in [0.717, 1.165) is 23.3 Å². The van der Waals surface area contributed by atoms with E-state index in [0.29, 0.717) is 19.1 Å². The first-order chi connectivity index (χ1) is 11.7. The van der Waals surface area contributed by atoms with Crippen LogP contribution in [0.3, 0.4) is 0 Å². The number of rotatable bonds is 5. The van der Waals surface area contributed by atoms with Gasteiger partial charge >= 0.3 is 0 Å². The fraction of sp³-hybridized carbons (Fsp3) is 0.625. The van der Waals surface area contributed by atoms with Crippen molar-refractivity contribution in [3.8, 4) is 0 Å². The molecule has 1 aliphatic carbocycles. The molecule has 0 bridgehead atoms. The molecule has 2 heterocycles. The standard InChI is InChI=1S/C16H26N8.HI/c1-12-20-21-15(23(12)3)11-19-16(17-2)18-10-13-8-9-24(22-13)14-6-4-5-7-14;/h8-9,14H,4-7,10-11H2,1-3H3,(H2,17,18,19);1H. The maximum absolute atomic E-state index is 4.68. The Balaban J connectivity index is 0.00000225. The quantitative estimate of drug-likeness (QED) is 0.407. The average Bonchev–Trinajstić information content (AvgIpc) is 3.32. The summed E-state index contributed by atoms with van der Waals surface area (Å²) in [5.74, 6) is 2.50. The Hall–Kier alpha value is -1.65. The van der Waals surface area contributed by atoms with Crippen LogP contribution in [0.25, 0.3) is 0 Å². The minimum atomic E-state index is 0. The van der Waals surface area contributed by atoms with Crippen molar-refractivity contribution in [1.82, 2.24) is 35.2 Å². The monoisotopic (exact) mass is 458 g/mol. The lowest BCUT2D eigenvalue weighted by Gasteiger charge is -2.11. The Morgan fingerprint density at radius 1 is 1.24 bits per heavy atom. The van der Waals surface area contributed by atoms with Crippen molar-refractivity contribution in [3.63, 3.8) is 0 Å². The lowest BCUT2D eigenvalue weighted by molar-refractivity contribution is 0.462. The Labute approximate surface area is 165 Å². The maximum atomic E-state index is 4.68. The summed E-state index contributed by atoms with van der Waals surface area (Å²) in [5.41, 5.74) is 1.03. The number of nitrogens with zero attached hydrogens (tertiary/aromatic N) is 6. The Bertz CT molecular complexity index is 699. The van der Waals surface area contributed by atoms with Crippen molar-refractivity contribution < 1.29 is 0 Å². The number of aryl methyl sites for hydroxylation is 1. The normalized spacial score (nSPS) is 15.2. The van der Waals surface area contributed by atoms with Crippen molar-refractivity contribution in [2.45, 2.75) is 51.7 Å². The van der Waals surface area contributed by atoms with E-state index in [9.17, 15) is 0 Å². The van der Waals surface area contributed by atoms with Crippen molar-refractivity contribution >= 4 is 29.9 Å². The minimum Gasteiger partial charge on any atom is -0.351 e. The predicted octanol–water partition coefficient (Wildman–Crippen LogP) is 1.92. The summed E-state index contributed by atoms with van der Waals surface area (Å²) >= 11 is 0. The summed E-state index contributed by atoms with van der Waals surface area (Å²) in [6.45, 7) is 3.16. The van der Waals surface area contributed by atoms with E-state index in [4.69, 9.17) is 0 Å². The molecule has 8 nitrogen and oxygen atoms in total. The van der Waals surface area contributed by atoms with Crippen LogP contribution in [-0.4, -0.2) is 37.6 Å². The molecule has 0 spiro atoms. The second kappa shape index (κ2) is 9.16. The van der Waals surface area contributed by atoms with E-state index in [1.165, 1.54) is 25.7 Å². The lowest BCUT2D eigenvalue weighted by Crippen LogP contribution is -2.37. The molecule has 0 unspecified atom stereocenters. The first-order valence-corrected chi connectivity index (χ1v) is 8.51. The fourth-order valence-electron chi connectivity index (χ4n) is 3.01. The summed E-state index contributed by atoms with van der Waals surface area (Å²) in [5, 5.41) is 19.4. The van der Waals surface area contributed by atoms with Gasteiger partial charge in [0.05, 0.1) is 24.8 Å². The summed E-state index contributed by atoms with van der Waals surface area (Å²) in [6.07, 6.45) is 7.21. The first-order valence-electron chi connectivity index (χ1n) is 8.51. The highest BCUT2D eigenvalue weighted by atomic mass is 127. The summed E-state index contributed by atoms with van der Waals surface area (Å²) in [7, 11) is 3.71. The molecule has 3 rings (SSSR count). The highest BCUT2D eigenvalue weighted by Gasteiger charge is 2.17. The van der Waals surface area contributed by atoms with Crippen LogP contribution < -0.4 is 10.6 Å². The van der Waals surface area contributed by atoms with Gasteiger partial charge in [0.2, 0.25) is 0 Å². The molecule has 0 aliphatic heterocycles. The molecule has 138 valence electrons. The number of hydrogen-bond donors (Lipinski definition) is 2. The SMILES string of the molecule is CN=C(NCc1ccn(C2CCCC2)n1)NCc1nnc(C)n1C.I. The van der Waals surface area contributed by atoms with E-state index in [2.05, 4.69) is 47.9 Å². The van der Waals surface area contributed by atoms with Gasteiger partial charge in [-0.3, -0.25) is 9.67 Å². The smallest absolute Gasteiger partial charge is 0.191 e. The second-order valence-electron chi connectivity index (χ2n) is 6.23. The van der Waals surface area contributed by atoms with Gasteiger partial charge in [0.25, 0.3) is 0 Å². The molecule has 1 aliphatic rings. The van der Waals surface area contributed by atoms with E-state index < -0.39 is 0 Å². The zero-order valence-electron chi connectivity index (χ0n) is 15.1. The highest BCUT2D eigenvalue weighted by Crippen LogP contribution is 2.28. The molecule has 0 amide bonds. The van der Waals surface area contributed by atoms with E-state index in [-0.39, 0.29) is 24.0 Å². The number of aromatic nitrogens is 5. The van der Waals surface area contributed by atoms with E-state index >= 15 is 0 Å². The Kier molecular flexibility index (Phi) is 7.21. The molecular weight excluding hydrogens is 431 g/mol. The molecule has 9 heteroatoms. The third kappa shape index (κ3) is 4.93. The lowest BCUT2D eigenvalue weighted by atomic mass is 10.3. The van der Waals surface area contributed by atoms with Gasteiger partial charge in [-0.1, -0.05) is 12.8 Å². The number of nitrogens with one attached hydrogen (secondary N) is 2. The van der Waals surface area contributed by atoms with Gasteiger partial charge in [-0.25, -0.2) is 0 Å². The molecule has 0 aromatic carbocycles. The number of halogens is 1. The molecule has 0 saturated heterocycles. The predicted molar refractivity (Wildman–Crippen MR) is 108 cm³/mol. The van der Waals surface area contributed by atoms with Crippen LogP contribution in [0.4, 0.5) is 0 Å². The maximum Gasteiger partial charge on any atom is 0.191 e. The fourth-order valence-corrected chi connectivity index (χ4v) is 3.01. The van der Waals surface area contributed by atoms with Gasteiger partial charge in [-0.2, -0.15) is 5.10 Å². The number of guanidine groups is 1. The second-order valence-corrected chi connectivity index (χ2v) is 6.23. The van der Waals surface area contributed by atoms with Crippen LogP contribution in [0.5, 0.6) is 0 Å². The van der Waals surface area contributed by atoms with Crippen LogP contribution in [0, 0.1) is 6.92 Å². The molecule has 1 fully saturated rings. The minimum absolute atomic E-state index is 0. The van der Waals surface area contributed by atoms with Gasteiger partial charge in [0.1, 0.15) is 5.82 Å². The Morgan fingerprint density at radius 2 is 1.96 bits per heavy atom. The summed E-state index contributed by atoms with van der Waals surface area (Å²) in [6, 6.07) is 2.65. The molecule has 2 aromatic heterocycles. The zero-order chi connectivity index (χ0) is 16.9.